The second kappa shape index (κ2) is 4.71. The summed E-state index contributed by atoms with van der Waals surface area (Å²) in [5.74, 6) is 0.825. The number of fused-ring (bicyclic) bond motifs is 1. The maximum absolute atomic E-state index is 9.93. The molecule has 19 heavy (non-hydrogen) atoms. The summed E-state index contributed by atoms with van der Waals surface area (Å²) >= 11 is 0. The maximum Gasteiger partial charge on any atom is 0.199 e. The summed E-state index contributed by atoms with van der Waals surface area (Å²) in [5.41, 5.74) is 0.613. The van der Waals surface area contributed by atoms with Crippen LogP contribution in [0.2, 0.25) is 0 Å². The van der Waals surface area contributed by atoms with Gasteiger partial charge in [0.05, 0.1) is 18.5 Å². The number of rotatable bonds is 3. The largest absolute Gasteiger partial charge is 0.391 e. The molecular weight excluding hydrogens is 246 g/mol. The fourth-order valence-electron chi connectivity index (χ4n) is 2.63. The van der Waals surface area contributed by atoms with Gasteiger partial charge in [-0.3, -0.25) is 4.98 Å². The van der Waals surface area contributed by atoms with Crippen molar-refractivity contribution in [1.82, 2.24) is 29.9 Å². The van der Waals surface area contributed by atoms with Gasteiger partial charge in [-0.2, -0.15) is 4.52 Å². The zero-order valence-corrected chi connectivity index (χ0v) is 11.0. The van der Waals surface area contributed by atoms with Gasteiger partial charge in [0.1, 0.15) is 0 Å². The SMILES string of the molecule is CN(C)CC1CC(O)CN1c1cncc2nnnn12. The van der Waals surface area contributed by atoms with Crippen LogP contribution in [-0.4, -0.2) is 74.4 Å². The molecule has 1 N–H and O–H groups in total. The van der Waals surface area contributed by atoms with Crippen molar-refractivity contribution < 1.29 is 5.11 Å². The van der Waals surface area contributed by atoms with Gasteiger partial charge in [0.15, 0.2) is 11.5 Å². The van der Waals surface area contributed by atoms with E-state index in [-0.39, 0.29) is 12.1 Å². The molecule has 3 rings (SSSR count). The number of aliphatic hydroxyl groups is 1. The third-order valence-corrected chi connectivity index (χ3v) is 3.35. The standard InChI is InChI=1S/C11H17N7O/c1-16(2)6-8-3-9(19)7-17(8)11-5-12-4-10-13-14-15-18(10)11/h4-5,8-9,19H,3,6-7H2,1-2H3. The van der Waals surface area contributed by atoms with Crippen molar-refractivity contribution in [2.75, 3.05) is 32.1 Å². The molecule has 0 aromatic carbocycles. The summed E-state index contributed by atoms with van der Waals surface area (Å²) in [4.78, 5) is 8.41. The molecule has 0 spiro atoms. The molecule has 2 aromatic heterocycles. The van der Waals surface area contributed by atoms with Gasteiger partial charge in [-0.15, -0.1) is 5.10 Å². The van der Waals surface area contributed by atoms with Gasteiger partial charge in [-0.25, -0.2) is 0 Å². The number of β-amino-alcohol motifs (C(OH)–C–C–N with tert-alkyl or cyclic N) is 1. The monoisotopic (exact) mass is 263 g/mol. The normalized spacial score (nSPS) is 23.7. The van der Waals surface area contributed by atoms with E-state index in [1.165, 1.54) is 0 Å². The van der Waals surface area contributed by atoms with Crippen molar-refractivity contribution in [3.63, 3.8) is 0 Å². The first-order valence-electron chi connectivity index (χ1n) is 6.26. The van der Waals surface area contributed by atoms with E-state index in [2.05, 4.69) is 30.3 Å². The van der Waals surface area contributed by atoms with Crippen LogP contribution in [0.5, 0.6) is 0 Å². The third kappa shape index (κ3) is 2.24. The summed E-state index contributed by atoms with van der Waals surface area (Å²) in [6.07, 6.45) is 3.79. The van der Waals surface area contributed by atoms with Crippen molar-refractivity contribution in [3.8, 4) is 0 Å². The quantitative estimate of drug-likeness (QED) is 0.762. The topological polar surface area (TPSA) is 82.7 Å². The minimum atomic E-state index is -0.323. The van der Waals surface area contributed by atoms with Crippen LogP contribution in [0.4, 0.5) is 5.82 Å². The van der Waals surface area contributed by atoms with Gasteiger partial charge in [0.2, 0.25) is 0 Å². The van der Waals surface area contributed by atoms with E-state index in [1.54, 1.807) is 16.9 Å². The van der Waals surface area contributed by atoms with Crippen LogP contribution in [0.25, 0.3) is 5.65 Å². The van der Waals surface area contributed by atoms with Crippen molar-refractivity contribution in [1.29, 1.82) is 0 Å². The Kier molecular flexibility index (Phi) is 3.03. The van der Waals surface area contributed by atoms with Crippen LogP contribution in [0.15, 0.2) is 12.4 Å². The van der Waals surface area contributed by atoms with Gasteiger partial charge < -0.3 is 14.9 Å². The number of aliphatic hydroxyl groups excluding tert-OH is 1. The number of tetrazole rings is 1. The highest BCUT2D eigenvalue weighted by molar-refractivity contribution is 5.48. The van der Waals surface area contributed by atoms with E-state index in [4.69, 9.17) is 0 Å². The number of aromatic nitrogens is 5. The number of anilines is 1. The summed E-state index contributed by atoms with van der Waals surface area (Å²) in [6, 6.07) is 0.238. The number of likely N-dealkylation sites (N-methyl/N-ethyl adjacent to an activating group) is 1. The minimum absolute atomic E-state index is 0.238. The predicted octanol–water partition coefficient (Wildman–Crippen LogP) is -0.979. The minimum Gasteiger partial charge on any atom is -0.391 e. The molecule has 1 saturated heterocycles. The van der Waals surface area contributed by atoms with Crippen molar-refractivity contribution in [3.05, 3.63) is 12.4 Å². The molecule has 2 aromatic rings. The Morgan fingerprint density at radius 2 is 2.26 bits per heavy atom. The highest BCUT2D eigenvalue weighted by atomic mass is 16.3. The van der Waals surface area contributed by atoms with Crippen molar-refractivity contribution in [2.45, 2.75) is 18.6 Å². The molecule has 102 valence electrons. The molecule has 2 atom stereocenters. The maximum atomic E-state index is 9.93. The van der Waals surface area contributed by atoms with Gasteiger partial charge >= 0.3 is 0 Å². The molecule has 3 heterocycles. The smallest absolute Gasteiger partial charge is 0.199 e. The average Bonchev–Trinajstić information content (AvgIpc) is 2.94. The van der Waals surface area contributed by atoms with Crippen LogP contribution in [0.3, 0.4) is 0 Å². The summed E-state index contributed by atoms with van der Waals surface area (Å²) in [7, 11) is 4.05. The van der Waals surface area contributed by atoms with E-state index in [9.17, 15) is 5.11 Å². The van der Waals surface area contributed by atoms with Gasteiger partial charge in [-0.1, -0.05) is 0 Å². The zero-order chi connectivity index (χ0) is 13.4. The van der Waals surface area contributed by atoms with E-state index in [1.807, 2.05) is 14.1 Å². The Balaban J connectivity index is 1.97. The molecule has 0 aliphatic carbocycles. The van der Waals surface area contributed by atoms with Crippen LogP contribution < -0.4 is 4.90 Å². The van der Waals surface area contributed by atoms with Crippen LogP contribution in [0.1, 0.15) is 6.42 Å². The average molecular weight is 263 g/mol. The van der Waals surface area contributed by atoms with Crippen LogP contribution in [0, 0.1) is 0 Å². The highest BCUT2D eigenvalue weighted by Crippen LogP contribution is 2.25. The van der Waals surface area contributed by atoms with Gasteiger partial charge in [0.25, 0.3) is 0 Å². The second-order valence-corrected chi connectivity index (χ2v) is 5.17. The lowest BCUT2D eigenvalue weighted by Gasteiger charge is -2.28. The fraction of sp³-hybridized carbons (Fsp3) is 0.636. The molecule has 0 radical (unpaired) electrons. The number of nitrogens with zero attached hydrogens (tertiary/aromatic N) is 7. The number of hydrogen-bond donors (Lipinski definition) is 1. The summed E-state index contributed by atoms with van der Waals surface area (Å²) in [5, 5.41) is 21.5. The fourth-order valence-corrected chi connectivity index (χ4v) is 2.63. The van der Waals surface area contributed by atoms with Crippen molar-refractivity contribution in [2.24, 2.45) is 0 Å². The summed E-state index contributed by atoms with van der Waals surface area (Å²) in [6.45, 7) is 1.45. The van der Waals surface area contributed by atoms with E-state index in [0.29, 0.717) is 12.2 Å². The highest BCUT2D eigenvalue weighted by Gasteiger charge is 2.33. The Bertz CT molecular complexity index is 569. The number of hydrogen-bond acceptors (Lipinski definition) is 7. The van der Waals surface area contributed by atoms with Crippen LogP contribution in [-0.2, 0) is 0 Å². The molecule has 8 heteroatoms. The first-order valence-corrected chi connectivity index (χ1v) is 6.26. The lowest BCUT2D eigenvalue weighted by molar-refractivity contribution is 0.191. The Hall–Kier alpha value is -1.80. The van der Waals surface area contributed by atoms with E-state index >= 15 is 0 Å². The molecule has 1 aliphatic heterocycles. The molecular formula is C11H17N7O. The summed E-state index contributed by atoms with van der Waals surface area (Å²) < 4.78 is 1.66. The van der Waals surface area contributed by atoms with Gasteiger partial charge in [-0.05, 0) is 30.9 Å². The van der Waals surface area contributed by atoms with E-state index in [0.717, 1.165) is 18.8 Å². The Morgan fingerprint density at radius 1 is 1.42 bits per heavy atom. The molecule has 0 bridgehead atoms. The van der Waals surface area contributed by atoms with Crippen molar-refractivity contribution >= 4 is 11.5 Å². The van der Waals surface area contributed by atoms with Gasteiger partial charge in [0, 0.05) is 19.1 Å². The first kappa shape index (κ1) is 12.2. The third-order valence-electron chi connectivity index (χ3n) is 3.35. The lowest BCUT2D eigenvalue weighted by Crippen LogP contribution is -2.38. The zero-order valence-electron chi connectivity index (χ0n) is 11.0. The molecule has 0 saturated carbocycles. The molecule has 1 aliphatic rings. The second-order valence-electron chi connectivity index (χ2n) is 5.17. The van der Waals surface area contributed by atoms with E-state index < -0.39 is 0 Å². The first-order chi connectivity index (χ1) is 9.15. The Labute approximate surface area is 110 Å². The molecule has 2 unspecified atom stereocenters. The van der Waals surface area contributed by atoms with Crippen LogP contribution >= 0.6 is 0 Å². The molecule has 8 nitrogen and oxygen atoms in total. The predicted molar refractivity (Wildman–Crippen MR) is 68.9 cm³/mol. The Morgan fingerprint density at radius 3 is 3.05 bits per heavy atom. The lowest BCUT2D eigenvalue weighted by atomic mass is 10.2. The molecule has 0 amide bonds. The molecule has 1 fully saturated rings.